The van der Waals surface area contributed by atoms with Crippen molar-refractivity contribution in [1.82, 2.24) is 0 Å². The van der Waals surface area contributed by atoms with Crippen LogP contribution in [0.15, 0.2) is 48.5 Å². The molecule has 2 aromatic rings. The van der Waals surface area contributed by atoms with Crippen molar-refractivity contribution < 1.29 is 14.3 Å². The summed E-state index contributed by atoms with van der Waals surface area (Å²) in [5.74, 6) is 1.04. The van der Waals surface area contributed by atoms with Gasteiger partial charge in [0.1, 0.15) is 11.5 Å². The van der Waals surface area contributed by atoms with Gasteiger partial charge in [-0.3, -0.25) is 4.79 Å². The Morgan fingerprint density at radius 3 is 2.30 bits per heavy atom. The number of Topliss-reactive ketones (excluding diaryl/α,β-unsaturated/α-hetero) is 1. The first-order valence-electron chi connectivity index (χ1n) is 6.48. The minimum absolute atomic E-state index is 0.0377. The van der Waals surface area contributed by atoms with E-state index in [1.165, 1.54) is 0 Å². The van der Waals surface area contributed by atoms with E-state index in [4.69, 9.17) is 9.47 Å². The maximum atomic E-state index is 12.6. The van der Waals surface area contributed by atoms with Crippen molar-refractivity contribution >= 4 is 5.78 Å². The summed E-state index contributed by atoms with van der Waals surface area (Å²) in [6, 6.07) is 15.0. The molecule has 0 bridgehead atoms. The summed E-state index contributed by atoms with van der Waals surface area (Å²) in [6.07, 6.45) is 0. The molecule has 0 aliphatic rings. The fourth-order valence-electron chi connectivity index (χ4n) is 2.13. The molecule has 3 heteroatoms. The van der Waals surface area contributed by atoms with Gasteiger partial charge in [0.2, 0.25) is 0 Å². The molecule has 0 amide bonds. The van der Waals surface area contributed by atoms with Crippen LogP contribution in [0.25, 0.3) is 0 Å². The van der Waals surface area contributed by atoms with E-state index in [2.05, 4.69) is 0 Å². The topological polar surface area (TPSA) is 35.5 Å². The molecule has 2 aromatic carbocycles. The van der Waals surface area contributed by atoms with Crippen LogP contribution >= 0.6 is 0 Å². The zero-order chi connectivity index (χ0) is 14.5. The molecule has 0 saturated carbocycles. The van der Waals surface area contributed by atoms with E-state index < -0.39 is 0 Å². The normalized spacial score (nSPS) is 11.8. The van der Waals surface area contributed by atoms with Crippen LogP contribution in [-0.2, 0) is 0 Å². The highest BCUT2D eigenvalue weighted by atomic mass is 16.5. The highest BCUT2D eigenvalue weighted by Crippen LogP contribution is 2.29. The van der Waals surface area contributed by atoms with Gasteiger partial charge in [-0.2, -0.15) is 0 Å². The Labute approximate surface area is 119 Å². The fraction of sp³-hybridized carbons (Fsp3) is 0.235. The van der Waals surface area contributed by atoms with Crippen LogP contribution in [0.2, 0.25) is 0 Å². The quantitative estimate of drug-likeness (QED) is 0.777. The smallest absolute Gasteiger partial charge is 0.173 e. The van der Waals surface area contributed by atoms with Crippen molar-refractivity contribution in [3.63, 3.8) is 0 Å². The lowest BCUT2D eigenvalue weighted by Gasteiger charge is -2.14. The summed E-state index contributed by atoms with van der Waals surface area (Å²) in [7, 11) is 3.14. The Balaban J connectivity index is 2.33. The molecule has 2 rings (SSSR count). The molecule has 0 fully saturated rings. The molecule has 0 aliphatic carbocycles. The Morgan fingerprint density at radius 1 is 1.00 bits per heavy atom. The van der Waals surface area contributed by atoms with Crippen LogP contribution in [0.3, 0.4) is 0 Å². The third-order valence-electron chi connectivity index (χ3n) is 3.37. The van der Waals surface area contributed by atoms with Crippen LogP contribution in [0, 0.1) is 0 Å². The Hall–Kier alpha value is -2.29. The van der Waals surface area contributed by atoms with Gasteiger partial charge in [-0.05, 0) is 17.7 Å². The Kier molecular flexibility index (Phi) is 4.41. The molecular formula is C17H18O3. The molecule has 20 heavy (non-hydrogen) atoms. The molecule has 0 spiro atoms. The number of rotatable bonds is 5. The standard InChI is InChI=1S/C17H18O3/c1-12(13-7-5-4-6-8-13)17(18)15-10-9-14(19-2)11-16(15)20-3/h4-12H,1-3H3. The maximum Gasteiger partial charge on any atom is 0.173 e. The SMILES string of the molecule is COc1ccc(C(=O)C(C)c2ccccc2)c(OC)c1. The van der Waals surface area contributed by atoms with Gasteiger partial charge in [0.25, 0.3) is 0 Å². The van der Waals surface area contributed by atoms with Gasteiger partial charge in [0.05, 0.1) is 19.8 Å². The molecular weight excluding hydrogens is 252 g/mol. The molecule has 1 unspecified atom stereocenters. The lowest BCUT2D eigenvalue weighted by molar-refractivity contribution is 0.0963. The van der Waals surface area contributed by atoms with Crippen molar-refractivity contribution in [2.24, 2.45) is 0 Å². The zero-order valence-electron chi connectivity index (χ0n) is 11.9. The summed E-state index contributed by atoms with van der Waals surface area (Å²) >= 11 is 0. The number of hydrogen-bond acceptors (Lipinski definition) is 3. The van der Waals surface area contributed by atoms with Crippen LogP contribution < -0.4 is 9.47 Å². The van der Waals surface area contributed by atoms with E-state index in [-0.39, 0.29) is 11.7 Å². The van der Waals surface area contributed by atoms with E-state index in [0.29, 0.717) is 17.1 Å². The largest absolute Gasteiger partial charge is 0.497 e. The van der Waals surface area contributed by atoms with E-state index in [1.807, 2.05) is 37.3 Å². The minimum Gasteiger partial charge on any atom is -0.497 e. The Morgan fingerprint density at radius 2 is 1.70 bits per heavy atom. The van der Waals surface area contributed by atoms with E-state index in [1.54, 1.807) is 32.4 Å². The number of carbonyl (C=O) groups excluding carboxylic acids is 1. The van der Waals surface area contributed by atoms with E-state index in [9.17, 15) is 4.79 Å². The van der Waals surface area contributed by atoms with Crippen LogP contribution in [0.5, 0.6) is 11.5 Å². The van der Waals surface area contributed by atoms with Crippen LogP contribution in [0.1, 0.15) is 28.8 Å². The van der Waals surface area contributed by atoms with E-state index in [0.717, 1.165) is 5.56 Å². The second-order valence-electron chi connectivity index (χ2n) is 4.56. The minimum atomic E-state index is -0.210. The van der Waals surface area contributed by atoms with Gasteiger partial charge in [0, 0.05) is 12.0 Å². The number of methoxy groups -OCH3 is 2. The average Bonchev–Trinajstić information content (AvgIpc) is 2.53. The van der Waals surface area contributed by atoms with Crippen molar-refractivity contribution in [3.05, 3.63) is 59.7 Å². The molecule has 0 N–H and O–H groups in total. The average molecular weight is 270 g/mol. The second-order valence-corrected chi connectivity index (χ2v) is 4.56. The van der Waals surface area contributed by atoms with Crippen LogP contribution in [0.4, 0.5) is 0 Å². The number of benzene rings is 2. The number of ether oxygens (including phenoxy) is 2. The lowest BCUT2D eigenvalue weighted by atomic mass is 9.92. The Bertz CT molecular complexity index is 590. The van der Waals surface area contributed by atoms with Crippen molar-refractivity contribution in [2.45, 2.75) is 12.8 Å². The second kappa shape index (κ2) is 6.24. The fourth-order valence-corrected chi connectivity index (χ4v) is 2.13. The van der Waals surface area contributed by atoms with Crippen molar-refractivity contribution in [3.8, 4) is 11.5 Å². The van der Waals surface area contributed by atoms with E-state index >= 15 is 0 Å². The van der Waals surface area contributed by atoms with Crippen molar-refractivity contribution in [1.29, 1.82) is 0 Å². The van der Waals surface area contributed by atoms with Gasteiger partial charge in [-0.25, -0.2) is 0 Å². The van der Waals surface area contributed by atoms with Gasteiger partial charge < -0.3 is 9.47 Å². The first-order valence-corrected chi connectivity index (χ1v) is 6.48. The molecule has 0 aliphatic heterocycles. The summed E-state index contributed by atoms with van der Waals surface area (Å²) in [5, 5.41) is 0. The highest BCUT2D eigenvalue weighted by molar-refractivity contribution is 6.03. The predicted octanol–water partition coefficient (Wildman–Crippen LogP) is 3.69. The van der Waals surface area contributed by atoms with Gasteiger partial charge in [-0.15, -0.1) is 0 Å². The summed E-state index contributed by atoms with van der Waals surface area (Å²) in [4.78, 5) is 12.6. The number of hydrogen-bond donors (Lipinski definition) is 0. The van der Waals surface area contributed by atoms with Crippen molar-refractivity contribution in [2.75, 3.05) is 14.2 Å². The molecule has 0 aromatic heterocycles. The van der Waals surface area contributed by atoms with Gasteiger partial charge >= 0.3 is 0 Å². The predicted molar refractivity (Wildman–Crippen MR) is 78.7 cm³/mol. The maximum absolute atomic E-state index is 12.6. The lowest BCUT2D eigenvalue weighted by Crippen LogP contribution is -2.11. The molecule has 1 atom stereocenters. The molecule has 0 radical (unpaired) electrons. The summed E-state index contributed by atoms with van der Waals surface area (Å²) in [5.41, 5.74) is 1.57. The van der Waals surface area contributed by atoms with Gasteiger partial charge in [0.15, 0.2) is 5.78 Å². The number of carbonyl (C=O) groups is 1. The number of ketones is 1. The first kappa shape index (κ1) is 14.1. The third kappa shape index (κ3) is 2.82. The third-order valence-corrected chi connectivity index (χ3v) is 3.37. The summed E-state index contributed by atoms with van der Waals surface area (Å²) < 4.78 is 10.4. The first-order chi connectivity index (χ1) is 9.67. The highest BCUT2D eigenvalue weighted by Gasteiger charge is 2.20. The molecule has 104 valence electrons. The zero-order valence-corrected chi connectivity index (χ0v) is 11.9. The van der Waals surface area contributed by atoms with Gasteiger partial charge in [-0.1, -0.05) is 37.3 Å². The molecule has 0 saturated heterocycles. The van der Waals surface area contributed by atoms with Crippen LogP contribution in [-0.4, -0.2) is 20.0 Å². The summed E-state index contributed by atoms with van der Waals surface area (Å²) in [6.45, 7) is 1.90. The molecule has 0 heterocycles. The molecule has 3 nitrogen and oxygen atoms in total. The monoisotopic (exact) mass is 270 g/mol.